The van der Waals surface area contributed by atoms with Gasteiger partial charge in [0.1, 0.15) is 0 Å². The molecule has 4 saturated carbocycles. The van der Waals surface area contributed by atoms with E-state index in [1.807, 2.05) is 6.07 Å². The highest BCUT2D eigenvalue weighted by Gasteiger charge is 2.67. The quantitative estimate of drug-likeness (QED) is 0.618. The number of amides is 1. The first kappa shape index (κ1) is 24.1. The van der Waals surface area contributed by atoms with Gasteiger partial charge in [-0.2, -0.15) is 0 Å². The van der Waals surface area contributed by atoms with Gasteiger partial charge in [-0.3, -0.25) is 4.79 Å². The van der Waals surface area contributed by atoms with Gasteiger partial charge in [0.25, 0.3) is 0 Å². The minimum absolute atomic E-state index is 0.181. The molecule has 0 aliphatic heterocycles. The summed E-state index contributed by atoms with van der Waals surface area (Å²) >= 11 is 0. The number of carbonyl (C=O) groups is 1. The second-order valence-corrected chi connectivity index (χ2v) is 13.0. The smallest absolute Gasteiger partial charge is 0.335 e. The van der Waals surface area contributed by atoms with Gasteiger partial charge in [-0.15, -0.1) is 0 Å². The summed E-state index contributed by atoms with van der Waals surface area (Å²) in [6.07, 6.45) is 11.7. The Kier molecular flexibility index (Phi) is 6.02. The van der Waals surface area contributed by atoms with Gasteiger partial charge < -0.3 is 14.8 Å². The van der Waals surface area contributed by atoms with E-state index >= 15 is 0 Å². The molecular weight excluding hydrogens is 426 g/mol. The summed E-state index contributed by atoms with van der Waals surface area (Å²) in [5.41, 5.74) is 0.158. The van der Waals surface area contributed by atoms with Gasteiger partial charge >= 0.3 is 5.63 Å². The molecule has 5 nitrogen and oxygen atoms in total. The van der Waals surface area contributed by atoms with Crippen molar-refractivity contribution in [1.29, 1.82) is 0 Å². The highest BCUT2D eigenvalue weighted by atomic mass is 16.4. The van der Waals surface area contributed by atoms with E-state index in [1.165, 1.54) is 6.07 Å². The van der Waals surface area contributed by atoms with Crippen LogP contribution in [0.5, 0.6) is 0 Å². The monoisotopic (exact) mass is 469 g/mol. The van der Waals surface area contributed by atoms with Crippen LogP contribution in [0.4, 0.5) is 0 Å². The fourth-order valence-electron chi connectivity index (χ4n) is 9.12. The molecule has 4 aliphatic rings. The molecule has 1 aromatic rings. The third-order valence-corrected chi connectivity index (χ3v) is 10.9. The van der Waals surface area contributed by atoms with Gasteiger partial charge in [0, 0.05) is 23.9 Å². The van der Waals surface area contributed by atoms with Crippen LogP contribution in [0, 0.1) is 34.5 Å². The Bertz CT molecular complexity index is 966. The van der Waals surface area contributed by atoms with Crippen LogP contribution in [-0.2, 0) is 4.79 Å². The van der Waals surface area contributed by atoms with Crippen molar-refractivity contribution in [3.8, 4) is 0 Å². The van der Waals surface area contributed by atoms with Crippen LogP contribution in [0.3, 0.4) is 0 Å². The second-order valence-electron chi connectivity index (χ2n) is 13.0. The summed E-state index contributed by atoms with van der Waals surface area (Å²) in [7, 11) is 0. The van der Waals surface area contributed by atoms with Crippen molar-refractivity contribution in [2.45, 2.75) is 109 Å². The van der Waals surface area contributed by atoms with E-state index in [-0.39, 0.29) is 28.3 Å². The van der Waals surface area contributed by atoms with E-state index in [0.717, 1.165) is 63.4 Å². The predicted octanol–water partition coefficient (Wildman–Crippen LogP) is 5.41. The fraction of sp³-hybridized carbons (Fsp3) is 0.793. The second kappa shape index (κ2) is 8.50. The number of hydrogen-bond acceptors (Lipinski definition) is 4. The minimum Gasteiger partial charge on any atom is -0.431 e. The molecule has 188 valence electrons. The lowest BCUT2D eigenvalue weighted by atomic mass is 9.43. The summed E-state index contributed by atoms with van der Waals surface area (Å²) in [4.78, 5) is 23.9. The van der Waals surface area contributed by atoms with E-state index in [2.05, 4.69) is 33.0 Å². The topological polar surface area (TPSA) is 79.5 Å². The SMILES string of the molecule is CC(C)CC(=O)NC1CCC2(C)C(CCC3C2CCC2(C)C(c4ccc(=O)oc4)CCC32O)C1. The Morgan fingerprint density at radius 1 is 1.09 bits per heavy atom. The first-order valence-electron chi connectivity index (χ1n) is 13.7. The molecule has 8 unspecified atom stereocenters. The number of fused-ring (bicyclic) bond motifs is 5. The molecule has 0 aromatic carbocycles. The Labute approximate surface area is 204 Å². The van der Waals surface area contributed by atoms with E-state index in [0.29, 0.717) is 36.1 Å². The normalized spacial score (nSPS) is 43.6. The highest BCUT2D eigenvalue weighted by molar-refractivity contribution is 5.76. The molecule has 4 aliphatic carbocycles. The summed E-state index contributed by atoms with van der Waals surface area (Å²) in [6, 6.07) is 3.74. The molecule has 0 spiro atoms. The lowest BCUT2D eigenvalue weighted by Gasteiger charge is -2.63. The molecule has 0 radical (unpaired) electrons. The summed E-state index contributed by atoms with van der Waals surface area (Å²) in [6.45, 7) is 8.98. The number of carbonyl (C=O) groups excluding carboxylic acids is 1. The maximum absolute atomic E-state index is 12.4. The third-order valence-electron chi connectivity index (χ3n) is 10.9. The van der Waals surface area contributed by atoms with Crippen molar-refractivity contribution in [3.05, 3.63) is 34.4 Å². The van der Waals surface area contributed by atoms with E-state index in [4.69, 9.17) is 4.42 Å². The predicted molar refractivity (Wildman–Crippen MR) is 132 cm³/mol. The number of nitrogens with one attached hydrogen (secondary N) is 1. The first-order valence-corrected chi connectivity index (χ1v) is 13.7. The molecule has 2 N–H and O–H groups in total. The van der Waals surface area contributed by atoms with E-state index < -0.39 is 5.60 Å². The molecule has 1 heterocycles. The zero-order valence-electron chi connectivity index (χ0n) is 21.4. The summed E-state index contributed by atoms with van der Waals surface area (Å²) in [5.74, 6) is 2.34. The van der Waals surface area contributed by atoms with Crippen LogP contribution >= 0.6 is 0 Å². The largest absolute Gasteiger partial charge is 0.431 e. The maximum Gasteiger partial charge on any atom is 0.335 e. The van der Waals surface area contributed by atoms with Crippen molar-refractivity contribution in [3.63, 3.8) is 0 Å². The van der Waals surface area contributed by atoms with Gasteiger partial charge in [0.2, 0.25) is 5.91 Å². The van der Waals surface area contributed by atoms with Crippen LogP contribution < -0.4 is 10.9 Å². The van der Waals surface area contributed by atoms with Crippen molar-refractivity contribution in [1.82, 2.24) is 5.32 Å². The van der Waals surface area contributed by atoms with Gasteiger partial charge in [-0.25, -0.2) is 4.79 Å². The maximum atomic E-state index is 12.4. The highest BCUT2D eigenvalue weighted by Crippen LogP contribution is 2.70. The molecule has 1 aromatic heterocycles. The van der Waals surface area contributed by atoms with Crippen molar-refractivity contribution in [2.75, 3.05) is 0 Å². The van der Waals surface area contributed by atoms with Crippen LogP contribution in [0.1, 0.15) is 103 Å². The molecule has 34 heavy (non-hydrogen) atoms. The zero-order chi connectivity index (χ0) is 24.3. The Morgan fingerprint density at radius 2 is 1.88 bits per heavy atom. The van der Waals surface area contributed by atoms with Gasteiger partial charge in [-0.1, -0.05) is 27.7 Å². The fourth-order valence-corrected chi connectivity index (χ4v) is 9.12. The molecular formula is C29H43NO4. The van der Waals surface area contributed by atoms with Crippen LogP contribution in [0.25, 0.3) is 0 Å². The Balaban J connectivity index is 1.34. The Morgan fingerprint density at radius 3 is 2.59 bits per heavy atom. The summed E-state index contributed by atoms with van der Waals surface area (Å²) < 4.78 is 5.21. The third kappa shape index (κ3) is 3.68. The van der Waals surface area contributed by atoms with E-state index in [1.54, 1.807) is 6.26 Å². The molecule has 0 saturated heterocycles. The zero-order valence-corrected chi connectivity index (χ0v) is 21.4. The average molecular weight is 470 g/mol. The molecule has 1 amide bonds. The number of rotatable bonds is 4. The van der Waals surface area contributed by atoms with E-state index in [9.17, 15) is 14.7 Å². The van der Waals surface area contributed by atoms with Gasteiger partial charge in [0.05, 0.1) is 11.9 Å². The standard InChI is InChI=1S/C29H43NO4/c1-18(2)15-25(31)30-21-9-12-27(3)20(16-21)6-7-24-23(27)10-13-28(4)22(11-14-29(24,28)33)19-5-8-26(32)34-17-19/h5,8,17-18,20-24,33H,6-7,9-16H2,1-4H3,(H,30,31). The number of hydrogen-bond donors (Lipinski definition) is 2. The summed E-state index contributed by atoms with van der Waals surface area (Å²) in [5, 5.41) is 15.7. The lowest BCUT2D eigenvalue weighted by Crippen LogP contribution is -2.62. The van der Waals surface area contributed by atoms with Crippen molar-refractivity contribution in [2.24, 2.45) is 34.5 Å². The molecule has 5 rings (SSSR count). The van der Waals surface area contributed by atoms with Gasteiger partial charge in [0.15, 0.2) is 0 Å². The van der Waals surface area contributed by atoms with Crippen molar-refractivity contribution < 1.29 is 14.3 Å². The van der Waals surface area contributed by atoms with Crippen LogP contribution in [-0.4, -0.2) is 22.7 Å². The molecule has 8 atom stereocenters. The molecule has 5 heteroatoms. The average Bonchev–Trinajstić information content (AvgIpc) is 3.05. The minimum atomic E-state index is -0.660. The first-order chi connectivity index (χ1) is 16.1. The molecule has 0 bridgehead atoms. The molecule has 4 fully saturated rings. The lowest BCUT2D eigenvalue weighted by molar-refractivity contribution is -0.202. The Hall–Kier alpha value is -1.62. The number of aliphatic hydroxyl groups is 1. The van der Waals surface area contributed by atoms with Gasteiger partial charge in [-0.05, 0) is 104 Å². The van der Waals surface area contributed by atoms with Crippen LogP contribution in [0.15, 0.2) is 27.6 Å². The van der Waals surface area contributed by atoms with Crippen LogP contribution in [0.2, 0.25) is 0 Å². The van der Waals surface area contributed by atoms with Crippen molar-refractivity contribution >= 4 is 5.91 Å².